The first-order valence-corrected chi connectivity index (χ1v) is 12.3. The molecule has 1 aliphatic heterocycles. The molecule has 0 spiro atoms. The Morgan fingerprint density at radius 3 is 2.65 bits per heavy atom. The zero-order chi connectivity index (χ0) is 25.8. The summed E-state index contributed by atoms with van der Waals surface area (Å²) in [6, 6.07) is 23.2. The first kappa shape index (κ1) is 24.5. The number of halogens is 1. The fourth-order valence-corrected chi connectivity index (χ4v) is 4.98. The predicted molar refractivity (Wildman–Crippen MR) is 144 cm³/mol. The maximum Gasteiger partial charge on any atom is 0.226 e. The van der Waals surface area contributed by atoms with Gasteiger partial charge in [0.15, 0.2) is 5.11 Å². The van der Waals surface area contributed by atoms with Crippen molar-refractivity contribution in [3.8, 4) is 11.4 Å². The molecule has 0 radical (unpaired) electrons. The van der Waals surface area contributed by atoms with Crippen LogP contribution in [0.3, 0.4) is 0 Å². The highest BCUT2D eigenvalue weighted by atomic mass is 32.1. The van der Waals surface area contributed by atoms with Crippen LogP contribution in [0.4, 0.5) is 10.1 Å². The summed E-state index contributed by atoms with van der Waals surface area (Å²) in [6.07, 6.45) is 3.85. The van der Waals surface area contributed by atoms with Crippen molar-refractivity contribution in [2.45, 2.75) is 18.5 Å². The van der Waals surface area contributed by atoms with Gasteiger partial charge in [-0.2, -0.15) is 0 Å². The van der Waals surface area contributed by atoms with Crippen molar-refractivity contribution in [3.05, 3.63) is 108 Å². The van der Waals surface area contributed by atoms with Gasteiger partial charge in [0, 0.05) is 31.1 Å². The normalized spacial score (nSPS) is 16.9. The van der Waals surface area contributed by atoms with Crippen LogP contribution in [0.25, 0.3) is 5.69 Å². The van der Waals surface area contributed by atoms with E-state index in [1.54, 1.807) is 25.4 Å². The van der Waals surface area contributed by atoms with Gasteiger partial charge in [-0.1, -0.05) is 30.3 Å². The van der Waals surface area contributed by atoms with Gasteiger partial charge >= 0.3 is 0 Å². The molecule has 2 atom stereocenters. The number of carbonyl (C=O) groups excluding carboxylic acids is 1. The lowest BCUT2D eigenvalue weighted by molar-refractivity contribution is -0.116. The number of ether oxygens (including phenoxy) is 1. The number of hydrogen-bond donors (Lipinski definition) is 2. The maximum absolute atomic E-state index is 14.0. The second-order valence-corrected chi connectivity index (χ2v) is 8.96. The largest absolute Gasteiger partial charge is 0.495 e. The fraction of sp³-hybridized carbons (Fsp3) is 0.179. The second kappa shape index (κ2) is 10.8. The molecule has 188 valence electrons. The highest BCUT2D eigenvalue weighted by Gasteiger charge is 2.41. The number of nitrogens with zero attached hydrogens (tertiary/aromatic N) is 3. The number of nitrogens with one attached hydrogen (secondary N) is 2. The molecule has 4 aromatic rings. The Balaban J connectivity index is 1.47. The molecule has 2 N–H and O–H groups in total. The zero-order valence-electron chi connectivity index (χ0n) is 20.2. The van der Waals surface area contributed by atoms with E-state index in [0.717, 1.165) is 22.8 Å². The number of benzene rings is 2. The van der Waals surface area contributed by atoms with E-state index in [4.69, 9.17) is 17.0 Å². The Bertz CT molecular complexity index is 1410. The van der Waals surface area contributed by atoms with Crippen molar-refractivity contribution in [3.63, 3.8) is 0 Å². The Morgan fingerprint density at radius 1 is 1.08 bits per heavy atom. The molecule has 1 saturated heterocycles. The lowest BCUT2D eigenvalue weighted by Crippen LogP contribution is -2.33. The smallest absolute Gasteiger partial charge is 0.226 e. The molecule has 5 rings (SSSR count). The third-order valence-electron chi connectivity index (χ3n) is 6.35. The van der Waals surface area contributed by atoms with E-state index in [1.807, 2.05) is 65.7 Å². The minimum absolute atomic E-state index is 0.122. The first-order valence-electron chi connectivity index (χ1n) is 11.9. The van der Waals surface area contributed by atoms with E-state index < -0.39 is 5.82 Å². The minimum atomic E-state index is -0.475. The predicted octanol–water partition coefficient (Wildman–Crippen LogP) is 5.02. The van der Waals surface area contributed by atoms with Crippen LogP contribution in [0, 0.1) is 5.82 Å². The number of amides is 1. The molecule has 0 unspecified atom stereocenters. The van der Waals surface area contributed by atoms with E-state index in [0.29, 0.717) is 11.7 Å². The summed E-state index contributed by atoms with van der Waals surface area (Å²) in [5.74, 6) is -0.0383. The molecule has 7 nitrogen and oxygen atoms in total. The van der Waals surface area contributed by atoms with Gasteiger partial charge in [0.1, 0.15) is 11.6 Å². The van der Waals surface area contributed by atoms with Crippen molar-refractivity contribution in [1.82, 2.24) is 19.8 Å². The molecule has 37 heavy (non-hydrogen) atoms. The van der Waals surface area contributed by atoms with Gasteiger partial charge in [-0.25, -0.2) is 4.39 Å². The van der Waals surface area contributed by atoms with Crippen LogP contribution in [0.15, 0.2) is 91.3 Å². The Kier molecular flexibility index (Phi) is 7.14. The molecule has 1 fully saturated rings. The van der Waals surface area contributed by atoms with Crippen LogP contribution in [0.1, 0.15) is 29.9 Å². The van der Waals surface area contributed by atoms with Gasteiger partial charge in [0.25, 0.3) is 0 Å². The lowest BCUT2D eigenvalue weighted by atomic mass is 10.0. The van der Waals surface area contributed by atoms with Crippen LogP contribution in [-0.2, 0) is 4.79 Å². The summed E-state index contributed by atoms with van der Waals surface area (Å²) >= 11 is 5.74. The molecule has 0 saturated carbocycles. The van der Waals surface area contributed by atoms with Gasteiger partial charge in [-0.15, -0.1) is 0 Å². The van der Waals surface area contributed by atoms with E-state index >= 15 is 0 Å². The number of para-hydroxylation sites is 3. The average molecular weight is 516 g/mol. The van der Waals surface area contributed by atoms with Gasteiger partial charge in [0.05, 0.1) is 36.3 Å². The summed E-state index contributed by atoms with van der Waals surface area (Å²) in [7, 11) is 1.64. The average Bonchev–Trinajstić information content (AvgIpc) is 3.53. The quantitative estimate of drug-likeness (QED) is 0.321. The third-order valence-corrected chi connectivity index (χ3v) is 6.71. The second-order valence-electron chi connectivity index (χ2n) is 8.57. The van der Waals surface area contributed by atoms with Crippen molar-refractivity contribution < 1.29 is 13.9 Å². The fourth-order valence-electron chi connectivity index (χ4n) is 4.65. The van der Waals surface area contributed by atoms with Gasteiger partial charge in [-0.05, 0) is 60.7 Å². The Hall–Kier alpha value is -4.24. The molecule has 9 heteroatoms. The van der Waals surface area contributed by atoms with Crippen LogP contribution in [-0.4, -0.2) is 39.1 Å². The molecule has 2 aromatic carbocycles. The third kappa shape index (κ3) is 5.03. The van der Waals surface area contributed by atoms with E-state index in [9.17, 15) is 9.18 Å². The number of carbonyl (C=O) groups is 1. The Morgan fingerprint density at radius 2 is 1.86 bits per heavy atom. The highest BCUT2D eigenvalue weighted by Crippen LogP contribution is 2.40. The van der Waals surface area contributed by atoms with E-state index in [2.05, 4.69) is 20.2 Å². The van der Waals surface area contributed by atoms with Gasteiger partial charge < -0.3 is 24.8 Å². The van der Waals surface area contributed by atoms with Gasteiger partial charge in [-0.3, -0.25) is 9.78 Å². The number of thiocarbonyl (C=S) groups is 1. The molecule has 2 aromatic heterocycles. The highest BCUT2D eigenvalue weighted by molar-refractivity contribution is 7.80. The van der Waals surface area contributed by atoms with Gasteiger partial charge in [0.2, 0.25) is 5.91 Å². The number of methoxy groups -OCH3 is 1. The first-order chi connectivity index (χ1) is 18.1. The molecule has 0 aliphatic carbocycles. The summed E-state index contributed by atoms with van der Waals surface area (Å²) in [5.41, 5.74) is 2.84. The topological polar surface area (TPSA) is 71.4 Å². The van der Waals surface area contributed by atoms with Crippen LogP contribution < -0.4 is 15.4 Å². The number of rotatable bonds is 8. The number of hydrogen-bond acceptors (Lipinski definition) is 4. The van der Waals surface area contributed by atoms with E-state index in [-0.39, 0.29) is 30.1 Å². The van der Waals surface area contributed by atoms with Crippen LogP contribution in [0.2, 0.25) is 0 Å². The van der Waals surface area contributed by atoms with Crippen LogP contribution >= 0.6 is 12.2 Å². The summed E-state index contributed by atoms with van der Waals surface area (Å²) in [6.45, 7) is 0.331. The summed E-state index contributed by atoms with van der Waals surface area (Å²) in [4.78, 5) is 19.3. The van der Waals surface area contributed by atoms with Crippen molar-refractivity contribution >= 4 is 28.9 Å². The number of aromatic nitrogens is 2. The number of pyridine rings is 1. The number of anilines is 1. The summed E-state index contributed by atoms with van der Waals surface area (Å²) < 4.78 is 21.7. The molecular weight excluding hydrogens is 489 g/mol. The van der Waals surface area contributed by atoms with Crippen molar-refractivity contribution in [1.29, 1.82) is 0 Å². The molecule has 1 aliphatic rings. The standard InChI is InChI=1S/C28H26FN5O2S/c1-36-24-14-5-4-12-22(24)33-17-8-13-23(33)27-26(21-11-6-7-16-30-21)32-28(37)34(27)18-15-25(35)31-20-10-3-2-9-19(20)29/h2-14,16-17,26-27H,15,18H2,1H3,(H,31,35)(H,32,37)/t26-,27+/m0/s1. The SMILES string of the molecule is COc1ccccc1-n1cccc1[C@@H]1[C@H](c2ccccn2)NC(=S)N1CCC(=O)Nc1ccccc1F. The van der Waals surface area contributed by atoms with Crippen molar-refractivity contribution in [2.75, 3.05) is 19.0 Å². The Labute approximate surface area is 219 Å². The molecule has 1 amide bonds. The minimum Gasteiger partial charge on any atom is -0.495 e. The molecular formula is C28H26FN5O2S. The van der Waals surface area contributed by atoms with Crippen LogP contribution in [0.5, 0.6) is 5.75 Å². The molecule has 3 heterocycles. The summed E-state index contributed by atoms with van der Waals surface area (Å²) in [5, 5.41) is 6.58. The monoisotopic (exact) mass is 515 g/mol. The lowest BCUT2D eigenvalue weighted by Gasteiger charge is -2.29. The zero-order valence-corrected chi connectivity index (χ0v) is 21.0. The maximum atomic E-state index is 14.0. The molecule has 0 bridgehead atoms. The van der Waals surface area contributed by atoms with E-state index in [1.165, 1.54) is 12.1 Å². The van der Waals surface area contributed by atoms with Crippen molar-refractivity contribution in [2.24, 2.45) is 0 Å².